The average molecular weight is 544 g/mol. The molecule has 0 saturated heterocycles. The van der Waals surface area contributed by atoms with Gasteiger partial charge in [0.1, 0.15) is 11.6 Å². The summed E-state index contributed by atoms with van der Waals surface area (Å²) in [5, 5.41) is 12.2. The fourth-order valence-corrected chi connectivity index (χ4v) is 5.25. The van der Waals surface area contributed by atoms with E-state index in [9.17, 15) is 13.2 Å². The molecule has 0 radical (unpaired) electrons. The maximum Gasteiger partial charge on any atom is 0.263 e. The van der Waals surface area contributed by atoms with Gasteiger partial charge in [0.05, 0.1) is 15.7 Å². The zero-order chi connectivity index (χ0) is 25.9. The third-order valence-corrected chi connectivity index (χ3v) is 7.66. The maximum absolute atomic E-state index is 12.7. The Hall–Kier alpha value is -3.48. The number of nitrogens with zero attached hydrogens (tertiary/aromatic N) is 5. The highest BCUT2D eigenvalue weighted by molar-refractivity contribution is 7.99. The first-order chi connectivity index (χ1) is 17.1. The largest absolute Gasteiger partial charge is 0.325 e. The minimum absolute atomic E-state index is 0.0370. The van der Waals surface area contributed by atoms with Gasteiger partial charge in [-0.2, -0.15) is 0 Å². The summed E-state index contributed by atoms with van der Waals surface area (Å²) in [4.78, 5) is 20.7. The Kier molecular flexibility index (Phi) is 7.57. The second-order valence-electron chi connectivity index (χ2n) is 7.75. The molecule has 2 aromatic carbocycles. The van der Waals surface area contributed by atoms with E-state index in [0.29, 0.717) is 33.2 Å². The van der Waals surface area contributed by atoms with Gasteiger partial charge in [0.25, 0.3) is 10.0 Å². The number of hydrogen-bond acceptors (Lipinski definition) is 8. The van der Waals surface area contributed by atoms with Gasteiger partial charge in [-0.3, -0.25) is 9.52 Å². The quantitative estimate of drug-likeness (QED) is 0.318. The van der Waals surface area contributed by atoms with Crippen LogP contribution >= 0.6 is 23.4 Å². The minimum Gasteiger partial charge on any atom is -0.325 e. The molecule has 0 fully saturated rings. The molecule has 0 aliphatic heterocycles. The smallest absolute Gasteiger partial charge is 0.263 e. The van der Waals surface area contributed by atoms with Gasteiger partial charge in [0.15, 0.2) is 11.0 Å². The van der Waals surface area contributed by atoms with E-state index in [4.69, 9.17) is 11.6 Å². The SMILES string of the molecule is Cc1cc(NS(=O)(=O)c2ccc(NC(=O)CSc3nnc(-c4ccccc4Cl)n3C)cc2)nc(C)n1. The number of benzene rings is 2. The molecule has 10 nitrogen and oxygen atoms in total. The molecule has 36 heavy (non-hydrogen) atoms. The third kappa shape index (κ3) is 6.01. The van der Waals surface area contributed by atoms with Crippen molar-refractivity contribution >= 4 is 50.8 Å². The van der Waals surface area contributed by atoms with Crippen LogP contribution in [0.4, 0.5) is 11.5 Å². The van der Waals surface area contributed by atoms with E-state index in [2.05, 4.69) is 30.2 Å². The molecular weight excluding hydrogens is 522 g/mol. The van der Waals surface area contributed by atoms with E-state index in [1.807, 2.05) is 18.2 Å². The average Bonchev–Trinajstić information content (AvgIpc) is 3.17. The van der Waals surface area contributed by atoms with Crippen LogP contribution in [0.1, 0.15) is 11.5 Å². The van der Waals surface area contributed by atoms with Crippen molar-refractivity contribution in [2.24, 2.45) is 7.05 Å². The van der Waals surface area contributed by atoms with Crippen molar-refractivity contribution in [2.45, 2.75) is 23.9 Å². The van der Waals surface area contributed by atoms with Crippen LogP contribution in [0.15, 0.2) is 64.6 Å². The first-order valence-electron chi connectivity index (χ1n) is 10.6. The van der Waals surface area contributed by atoms with Crippen LogP contribution in [-0.2, 0) is 21.9 Å². The number of aryl methyl sites for hydroxylation is 2. The van der Waals surface area contributed by atoms with Crippen LogP contribution in [-0.4, -0.2) is 44.8 Å². The van der Waals surface area contributed by atoms with Gasteiger partial charge in [-0.15, -0.1) is 10.2 Å². The Morgan fingerprint density at radius 1 is 1.06 bits per heavy atom. The first kappa shape index (κ1) is 25.6. The predicted octanol–water partition coefficient (Wildman–Crippen LogP) is 4.07. The first-order valence-corrected chi connectivity index (χ1v) is 13.5. The predicted molar refractivity (Wildman–Crippen MR) is 140 cm³/mol. The van der Waals surface area contributed by atoms with Gasteiger partial charge in [-0.1, -0.05) is 35.5 Å². The van der Waals surface area contributed by atoms with E-state index >= 15 is 0 Å². The van der Waals surface area contributed by atoms with Gasteiger partial charge >= 0.3 is 0 Å². The van der Waals surface area contributed by atoms with Crippen LogP contribution < -0.4 is 10.0 Å². The summed E-state index contributed by atoms with van der Waals surface area (Å²) in [6.07, 6.45) is 0. The summed E-state index contributed by atoms with van der Waals surface area (Å²) >= 11 is 7.47. The summed E-state index contributed by atoms with van der Waals surface area (Å²) in [5.41, 5.74) is 1.86. The van der Waals surface area contributed by atoms with Gasteiger partial charge in [0, 0.05) is 30.1 Å². The van der Waals surface area contributed by atoms with E-state index in [1.165, 1.54) is 36.0 Å². The number of rotatable bonds is 8. The lowest BCUT2D eigenvalue weighted by molar-refractivity contribution is -0.113. The lowest BCUT2D eigenvalue weighted by Gasteiger charge is -2.10. The molecule has 1 amide bonds. The molecule has 0 atom stereocenters. The van der Waals surface area contributed by atoms with Gasteiger partial charge in [-0.25, -0.2) is 18.4 Å². The standard InChI is InChI=1S/C23H22ClN7O3S2/c1-14-12-20(26-15(2)25-14)30-36(33,34)17-10-8-16(9-11-17)27-21(32)13-35-23-29-28-22(31(23)3)18-6-4-5-7-19(18)24/h4-12H,13H2,1-3H3,(H,27,32)(H,25,26,30). The third-order valence-electron chi connectivity index (χ3n) is 4.94. The number of sulfonamides is 1. The fraction of sp³-hybridized carbons (Fsp3) is 0.174. The number of hydrogen-bond donors (Lipinski definition) is 2. The number of aromatic nitrogens is 5. The molecule has 2 heterocycles. The monoisotopic (exact) mass is 543 g/mol. The molecule has 0 spiro atoms. The normalized spacial score (nSPS) is 11.3. The zero-order valence-corrected chi connectivity index (χ0v) is 21.9. The Morgan fingerprint density at radius 2 is 1.78 bits per heavy atom. The Morgan fingerprint density at radius 3 is 2.47 bits per heavy atom. The van der Waals surface area contributed by atoms with Crippen molar-refractivity contribution in [3.05, 3.63) is 71.1 Å². The molecule has 0 saturated carbocycles. The molecule has 4 rings (SSSR count). The summed E-state index contributed by atoms with van der Waals surface area (Å²) < 4.78 is 29.6. The van der Waals surface area contributed by atoms with Crippen molar-refractivity contribution < 1.29 is 13.2 Å². The molecular formula is C23H22ClN7O3S2. The second kappa shape index (κ2) is 10.6. The lowest BCUT2D eigenvalue weighted by atomic mass is 10.2. The van der Waals surface area contributed by atoms with Crippen LogP contribution in [0.5, 0.6) is 0 Å². The van der Waals surface area contributed by atoms with E-state index in [0.717, 1.165) is 5.56 Å². The van der Waals surface area contributed by atoms with Crippen molar-refractivity contribution in [3.8, 4) is 11.4 Å². The fourth-order valence-electron chi connectivity index (χ4n) is 3.33. The molecule has 0 unspecified atom stereocenters. The lowest BCUT2D eigenvalue weighted by Crippen LogP contribution is -2.16. The van der Waals surface area contributed by atoms with E-state index < -0.39 is 10.0 Å². The highest BCUT2D eigenvalue weighted by Gasteiger charge is 2.17. The van der Waals surface area contributed by atoms with Gasteiger partial charge < -0.3 is 9.88 Å². The van der Waals surface area contributed by atoms with Crippen molar-refractivity contribution in [1.29, 1.82) is 0 Å². The van der Waals surface area contributed by atoms with Gasteiger partial charge in [0.2, 0.25) is 5.91 Å². The number of thioether (sulfide) groups is 1. The molecule has 2 N–H and O–H groups in total. The van der Waals surface area contributed by atoms with Crippen molar-refractivity contribution in [3.63, 3.8) is 0 Å². The number of nitrogens with one attached hydrogen (secondary N) is 2. The molecule has 0 aliphatic carbocycles. The molecule has 0 bridgehead atoms. The summed E-state index contributed by atoms with van der Waals surface area (Å²) in [7, 11) is -2.05. The Bertz CT molecular complexity index is 1500. The maximum atomic E-state index is 12.7. The Labute approximate surface area is 217 Å². The van der Waals surface area contributed by atoms with Crippen molar-refractivity contribution in [2.75, 3.05) is 15.8 Å². The molecule has 186 valence electrons. The number of halogens is 1. The number of anilines is 2. The summed E-state index contributed by atoms with van der Waals surface area (Å²) in [5.74, 6) is 1.06. The topological polar surface area (TPSA) is 132 Å². The van der Waals surface area contributed by atoms with Crippen LogP contribution in [0, 0.1) is 13.8 Å². The number of amides is 1. The van der Waals surface area contributed by atoms with Crippen LogP contribution in [0.25, 0.3) is 11.4 Å². The highest BCUT2D eigenvalue weighted by atomic mass is 35.5. The minimum atomic E-state index is -3.85. The number of carbonyl (C=O) groups excluding carboxylic acids is 1. The zero-order valence-electron chi connectivity index (χ0n) is 19.6. The molecule has 0 aliphatic rings. The molecule has 13 heteroatoms. The van der Waals surface area contributed by atoms with Crippen molar-refractivity contribution in [1.82, 2.24) is 24.7 Å². The number of carbonyl (C=O) groups is 1. The van der Waals surface area contributed by atoms with Crippen LogP contribution in [0.3, 0.4) is 0 Å². The van der Waals surface area contributed by atoms with E-state index in [1.54, 1.807) is 37.6 Å². The van der Waals surface area contributed by atoms with E-state index in [-0.39, 0.29) is 22.4 Å². The molecule has 2 aromatic heterocycles. The highest BCUT2D eigenvalue weighted by Crippen LogP contribution is 2.28. The van der Waals surface area contributed by atoms with Crippen LogP contribution in [0.2, 0.25) is 5.02 Å². The molecule has 4 aromatic rings. The Balaban J connectivity index is 1.36. The summed E-state index contributed by atoms with van der Waals surface area (Å²) in [6, 6.07) is 14.7. The van der Waals surface area contributed by atoms with Gasteiger partial charge in [-0.05, 0) is 50.2 Å². The second-order valence-corrected chi connectivity index (χ2v) is 10.8. The summed E-state index contributed by atoms with van der Waals surface area (Å²) in [6.45, 7) is 3.44.